The fourth-order valence-electron chi connectivity index (χ4n) is 3.87. The quantitative estimate of drug-likeness (QED) is 0.0818. The standard InChI is InChI=1S/C27H52N2O3/c1-5-6-7-8-9-10-11-12-13-14-15-16-17-18-19-20-21-22-23-24-25(30)28-26(27(31)32)29(2,3)4/h12-13,26H,5-11,14-24H2,1-4H3,(H-,28,30,31,32)/p+1. The Kier molecular flexibility index (Phi) is 19.4. The fraction of sp³-hybridized carbons (Fsp3) is 0.852. The molecular formula is C27H53N2O3+. The maximum Gasteiger partial charge on any atom is 0.385 e. The second kappa shape index (κ2) is 20.3. The highest BCUT2D eigenvalue weighted by Gasteiger charge is 2.32. The van der Waals surface area contributed by atoms with E-state index in [1.165, 1.54) is 89.9 Å². The first-order chi connectivity index (χ1) is 15.3. The predicted octanol–water partition coefficient (Wildman–Crippen LogP) is 6.82. The Morgan fingerprint density at radius 2 is 1.12 bits per heavy atom. The highest BCUT2D eigenvalue weighted by molar-refractivity contribution is 5.82. The molecule has 0 bridgehead atoms. The zero-order valence-corrected chi connectivity index (χ0v) is 21.7. The normalized spacial score (nSPS) is 12.9. The Balaban J connectivity index is 3.43. The first-order valence-corrected chi connectivity index (χ1v) is 13.3. The monoisotopic (exact) mass is 453 g/mol. The maximum atomic E-state index is 12.0. The number of nitrogens with zero attached hydrogens (tertiary/aromatic N) is 1. The number of hydrogen-bond acceptors (Lipinski definition) is 2. The molecule has 2 N–H and O–H groups in total. The molecule has 0 aromatic heterocycles. The number of unbranched alkanes of at least 4 members (excludes halogenated alkanes) is 15. The SMILES string of the molecule is CCCCCCCCC=CCCCCCCCCCCCC(=O)NC(C(=O)O)[N+](C)(C)C. The zero-order chi connectivity index (χ0) is 24.1. The summed E-state index contributed by atoms with van der Waals surface area (Å²) in [7, 11) is 5.31. The molecule has 0 aromatic carbocycles. The van der Waals surface area contributed by atoms with E-state index in [9.17, 15) is 14.7 Å². The number of aliphatic carboxylic acids is 1. The molecule has 0 saturated carbocycles. The Bertz CT molecular complexity index is 498. The van der Waals surface area contributed by atoms with Gasteiger partial charge in [-0.1, -0.05) is 96.1 Å². The van der Waals surface area contributed by atoms with Crippen LogP contribution in [0.1, 0.15) is 122 Å². The molecule has 0 aliphatic rings. The molecule has 5 nitrogen and oxygen atoms in total. The van der Waals surface area contributed by atoms with Crippen LogP contribution in [0.15, 0.2) is 12.2 Å². The van der Waals surface area contributed by atoms with E-state index in [0.717, 1.165) is 19.3 Å². The minimum atomic E-state index is -0.991. The van der Waals surface area contributed by atoms with Crippen molar-refractivity contribution in [3.8, 4) is 0 Å². The molecule has 188 valence electrons. The number of nitrogens with one attached hydrogen (secondary N) is 1. The van der Waals surface area contributed by atoms with E-state index < -0.39 is 12.1 Å². The summed E-state index contributed by atoms with van der Waals surface area (Å²) in [5.41, 5.74) is 0. The molecule has 1 atom stereocenters. The van der Waals surface area contributed by atoms with Gasteiger partial charge in [0.2, 0.25) is 5.91 Å². The Labute approximate surface area is 198 Å². The number of carbonyl (C=O) groups excluding carboxylic acids is 1. The Hall–Kier alpha value is -1.36. The van der Waals surface area contributed by atoms with E-state index >= 15 is 0 Å². The molecule has 0 fully saturated rings. The van der Waals surface area contributed by atoms with Gasteiger partial charge in [0.25, 0.3) is 6.17 Å². The summed E-state index contributed by atoms with van der Waals surface area (Å²) in [5, 5.41) is 11.9. The van der Waals surface area contributed by atoms with Crippen LogP contribution < -0.4 is 5.32 Å². The largest absolute Gasteiger partial charge is 0.475 e. The second-order valence-corrected chi connectivity index (χ2v) is 10.2. The van der Waals surface area contributed by atoms with Gasteiger partial charge < -0.3 is 9.59 Å². The molecule has 0 heterocycles. The van der Waals surface area contributed by atoms with Gasteiger partial charge >= 0.3 is 5.97 Å². The lowest BCUT2D eigenvalue weighted by Crippen LogP contribution is -2.59. The second-order valence-electron chi connectivity index (χ2n) is 10.2. The van der Waals surface area contributed by atoms with Gasteiger partial charge in [-0.05, 0) is 32.1 Å². The number of allylic oxidation sites excluding steroid dienone is 2. The topological polar surface area (TPSA) is 66.4 Å². The van der Waals surface area contributed by atoms with Gasteiger partial charge in [-0.2, -0.15) is 0 Å². The zero-order valence-electron chi connectivity index (χ0n) is 21.7. The van der Waals surface area contributed by atoms with Crippen LogP contribution in [0.4, 0.5) is 0 Å². The van der Waals surface area contributed by atoms with Crippen LogP contribution in [0, 0.1) is 0 Å². The van der Waals surface area contributed by atoms with Gasteiger partial charge in [-0.25, -0.2) is 4.79 Å². The first kappa shape index (κ1) is 30.6. The van der Waals surface area contributed by atoms with E-state index in [1.807, 2.05) is 0 Å². The fourth-order valence-corrected chi connectivity index (χ4v) is 3.87. The average molecular weight is 454 g/mol. The lowest BCUT2D eigenvalue weighted by molar-refractivity contribution is -0.889. The number of carbonyl (C=O) groups is 2. The highest BCUT2D eigenvalue weighted by Crippen LogP contribution is 2.12. The van der Waals surface area contributed by atoms with Crippen molar-refractivity contribution in [3.63, 3.8) is 0 Å². The summed E-state index contributed by atoms with van der Waals surface area (Å²) >= 11 is 0. The minimum absolute atomic E-state index is 0.161. The maximum absolute atomic E-state index is 12.0. The van der Waals surface area contributed by atoms with Crippen molar-refractivity contribution in [1.82, 2.24) is 5.32 Å². The van der Waals surface area contributed by atoms with Crippen LogP contribution >= 0.6 is 0 Å². The number of carboxylic acids is 1. The molecule has 0 spiro atoms. The smallest absolute Gasteiger partial charge is 0.385 e. The number of carboxylic acid groups (broad SMARTS) is 1. The summed E-state index contributed by atoms with van der Waals surface area (Å²) in [5.74, 6) is -1.15. The van der Waals surface area contributed by atoms with Gasteiger partial charge in [0.15, 0.2) is 0 Å². The summed E-state index contributed by atoms with van der Waals surface area (Å²) in [6.45, 7) is 2.27. The van der Waals surface area contributed by atoms with Crippen molar-refractivity contribution in [2.24, 2.45) is 0 Å². The molecule has 1 amide bonds. The first-order valence-electron chi connectivity index (χ1n) is 13.3. The van der Waals surface area contributed by atoms with Gasteiger partial charge in [-0.15, -0.1) is 0 Å². The van der Waals surface area contributed by atoms with Crippen LogP contribution in [0.2, 0.25) is 0 Å². The number of amides is 1. The Morgan fingerprint density at radius 3 is 1.53 bits per heavy atom. The van der Waals surface area contributed by atoms with E-state index in [0.29, 0.717) is 6.42 Å². The summed E-state index contributed by atoms with van der Waals surface area (Å²) < 4.78 is 0.177. The minimum Gasteiger partial charge on any atom is -0.475 e. The summed E-state index contributed by atoms with van der Waals surface area (Å²) in [6, 6.07) is 0. The van der Waals surface area contributed by atoms with Crippen LogP contribution in [-0.4, -0.2) is 48.8 Å². The lowest BCUT2D eigenvalue weighted by atomic mass is 10.1. The number of hydrogen-bond donors (Lipinski definition) is 2. The third kappa shape index (κ3) is 19.3. The van der Waals surface area contributed by atoms with Crippen molar-refractivity contribution >= 4 is 11.9 Å². The van der Waals surface area contributed by atoms with E-state index in [2.05, 4.69) is 24.4 Å². The van der Waals surface area contributed by atoms with Crippen molar-refractivity contribution < 1.29 is 19.2 Å². The van der Waals surface area contributed by atoms with Gasteiger partial charge in [0.05, 0.1) is 21.1 Å². The van der Waals surface area contributed by atoms with E-state index in [1.54, 1.807) is 21.1 Å². The highest BCUT2D eigenvalue weighted by atomic mass is 16.4. The van der Waals surface area contributed by atoms with Crippen molar-refractivity contribution in [3.05, 3.63) is 12.2 Å². The summed E-state index contributed by atoms with van der Waals surface area (Å²) in [4.78, 5) is 23.3. The van der Waals surface area contributed by atoms with Crippen LogP contribution in [0.25, 0.3) is 0 Å². The van der Waals surface area contributed by atoms with E-state index in [-0.39, 0.29) is 10.4 Å². The summed E-state index contributed by atoms with van der Waals surface area (Å²) in [6.07, 6.45) is 25.9. The van der Waals surface area contributed by atoms with Crippen LogP contribution in [-0.2, 0) is 9.59 Å². The van der Waals surface area contributed by atoms with Gasteiger partial charge in [-0.3, -0.25) is 10.1 Å². The number of rotatable bonds is 22. The molecule has 0 rings (SSSR count). The lowest BCUT2D eigenvalue weighted by Gasteiger charge is -2.31. The van der Waals surface area contributed by atoms with Crippen molar-refractivity contribution in [2.75, 3.05) is 21.1 Å². The number of quaternary nitrogens is 1. The third-order valence-corrected chi connectivity index (χ3v) is 5.97. The Morgan fingerprint density at radius 1 is 0.719 bits per heavy atom. The predicted molar refractivity (Wildman–Crippen MR) is 136 cm³/mol. The molecule has 0 radical (unpaired) electrons. The van der Waals surface area contributed by atoms with Gasteiger partial charge in [0, 0.05) is 6.42 Å². The molecule has 1 unspecified atom stereocenters. The van der Waals surface area contributed by atoms with Crippen LogP contribution in [0.3, 0.4) is 0 Å². The molecular weight excluding hydrogens is 400 g/mol. The number of likely N-dealkylation sites (N-methyl/N-ethyl adjacent to an activating group) is 1. The molecule has 32 heavy (non-hydrogen) atoms. The van der Waals surface area contributed by atoms with Crippen LogP contribution in [0.5, 0.6) is 0 Å². The molecule has 0 aliphatic heterocycles. The molecule has 5 heteroatoms. The van der Waals surface area contributed by atoms with E-state index in [4.69, 9.17) is 0 Å². The third-order valence-electron chi connectivity index (χ3n) is 5.97. The molecule has 0 saturated heterocycles. The molecule has 0 aromatic rings. The molecule has 0 aliphatic carbocycles. The van der Waals surface area contributed by atoms with Crippen molar-refractivity contribution in [1.29, 1.82) is 0 Å². The van der Waals surface area contributed by atoms with Gasteiger partial charge in [0.1, 0.15) is 0 Å². The average Bonchev–Trinajstić information content (AvgIpc) is 2.72. The van der Waals surface area contributed by atoms with Crippen molar-refractivity contribution in [2.45, 2.75) is 129 Å².